The van der Waals surface area contributed by atoms with Crippen LogP contribution in [0.4, 0.5) is 0 Å². The van der Waals surface area contributed by atoms with Crippen LogP contribution < -0.4 is 4.87 Å². The Kier molecular flexibility index (Phi) is 6.49. The predicted molar refractivity (Wildman–Crippen MR) is 85.2 cm³/mol. The predicted octanol–water partition coefficient (Wildman–Crippen LogP) is 3.60. The molecule has 0 radical (unpaired) electrons. The summed E-state index contributed by atoms with van der Waals surface area (Å²) < 4.78 is 1.72. The van der Waals surface area contributed by atoms with Crippen molar-refractivity contribution in [1.29, 1.82) is 0 Å². The Labute approximate surface area is 129 Å². The lowest BCUT2D eigenvalue weighted by atomic mass is 10.0. The van der Waals surface area contributed by atoms with Crippen LogP contribution in [0.5, 0.6) is 0 Å². The summed E-state index contributed by atoms with van der Waals surface area (Å²) in [7, 11) is 0. The summed E-state index contributed by atoms with van der Waals surface area (Å²) in [6.07, 6.45) is 11.9. The molecule has 0 atom stereocenters. The summed E-state index contributed by atoms with van der Waals surface area (Å²) >= 11 is 1.33. The highest BCUT2D eigenvalue weighted by Gasteiger charge is 2.15. The zero-order valence-electron chi connectivity index (χ0n) is 12.6. The number of hydrogen-bond acceptors (Lipinski definition) is 3. The van der Waals surface area contributed by atoms with E-state index in [4.69, 9.17) is 5.11 Å². The average Bonchev–Trinajstić information content (AvgIpc) is 2.72. The molecule has 0 spiro atoms. The summed E-state index contributed by atoms with van der Waals surface area (Å²) in [5, 5.41) is 8.85. The minimum atomic E-state index is -0.838. The van der Waals surface area contributed by atoms with Crippen LogP contribution in [0.1, 0.15) is 68.4 Å². The lowest BCUT2D eigenvalue weighted by Gasteiger charge is -2.11. The molecule has 0 unspecified atom stereocenters. The third-order valence-electron chi connectivity index (χ3n) is 4.20. The number of carboxylic acid groups (broad SMARTS) is 1. The van der Waals surface area contributed by atoms with Gasteiger partial charge in [0.15, 0.2) is 0 Å². The quantitative estimate of drug-likeness (QED) is 0.927. The lowest BCUT2D eigenvalue weighted by molar-refractivity contribution is -0.137. The molecule has 1 heterocycles. The molecule has 4 nitrogen and oxygen atoms in total. The summed E-state index contributed by atoms with van der Waals surface area (Å²) in [4.78, 5) is 24.1. The van der Waals surface area contributed by atoms with E-state index in [0.29, 0.717) is 6.54 Å². The molecular formula is C16H25NO3S. The first kappa shape index (κ1) is 16.3. The van der Waals surface area contributed by atoms with Gasteiger partial charge in [-0.2, -0.15) is 0 Å². The zero-order chi connectivity index (χ0) is 15.1. The van der Waals surface area contributed by atoms with E-state index in [9.17, 15) is 9.59 Å². The number of rotatable bonds is 3. The molecule has 0 aliphatic heterocycles. The van der Waals surface area contributed by atoms with Gasteiger partial charge in [0.05, 0.1) is 6.42 Å². The molecule has 0 aromatic carbocycles. The van der Waals surface area contributed by atoms with E-state index in [-0.39, 0.29) is 11.3 Å². The van der Waals surface area contributed by atoms with Crippen LogP contribution in [0.3, 0.4) is 0 Å². The topological polar surface area (TPSA) is 59.3 Å². The van der Waals surface area contributed by atoms with Crippen molar-refractivity contribution in [3.8, 4) is 0 Å². The van der Waals surface area contributed by atoms with E-state index in [1.54, 1.807) is 4.57 Å². The number of aryl methyl sites for hydroxylation is 1. The number of thiazole rings is 1. The number of nitrogens with zero attached hydrogens (tertiary/aromatic N) is 1. The van der Waals surface area contributed by atoms with Gasteiger partial charge in [0, 0.05) is 17.1 Å². The van der Waals surface area contributed by atoms with Gasteiger partial charge in [0.2, 0.25) is 0 Å². The molecular weight excluding hydrogens is 286 g/mol. The normalized spacial score (nSPS) is 17.5. The fraction of sp³-hybridized carbons (Fsp3) is 0.750. The van der Waals surface area contributed by atoms with Crippen molar-refractivity contribution in [3.63, 3.8) is 0 Å². The van der Waals surface area contributed by atoms with Crippen LogP contribution in [0, 0.1) is 0 Å². The van der Waals surface area contributed by atoms with Gasteiger partial charge in [-0.3, -0.25) is 9.59 Å². The highest BCUT2D eigenvalue weighted by atomic mass is 32.1. The van der Waals surface area contributed by atoms with Crippen molar-refractivity contribution in [2.75, 3.05) is 0 Å². The third-order valence-corrected chi connectivity index (χ3v) is 5.28. The van der Waals surface area contributed by atoms with Crippen molar-refractivity contribution in [2.24, 2.45) is 0 Å². The molecule has 21 heavy (non-hydrogen) atoms. The molecule has 2 rings (SSSR count). The van der Waals surface area contributed by atoms with Gasteiger partial charge in [-0.15, -0.1) is 0 Å². The van der Waals surface area contributed by atoms with Crippen molar-refractivity contribution in [3.05, 3.63) is 20.2 Å². The van der Waals surface area contributed by atoms with Crippen molar-refractivity contribution in [1.82, 2.24) is 4.57 Å². The van der Waals surface area contributed by atoms with E-state index in [2.05, 4.69) is 0 Å². The SMILES string of the molecule is O=C(O)CCn1c2c(sc1=O)CCCCCCCCCC2. The summed E-state index contributed by atoms with van der Waals surface area (Å²) in [6, 6.07) is 0. The Bertz CT molecular complexity index is 518. The molecule has 0 fully saturated rings. The smallest absolute Gasteiger partial charge is 0.307 e. The largest absolute Gasteiger partial charge is 0.481 e. The Morgan fingerprint density at radius 2 is 1.57 bits per heavy atom. The molecule has 1 aliphatic rings. The minimum Gasteiger partial charge on any atom is -0.481 e. The summed E-state index contributed by atoms with van der Waals surface area (Å²) in [5.41, 5.74) is 1.12. The average molecular weight is 311 g/mol. The second-order valence-corrected chi connectivity index (χ2v) is 6.91. The second-order valence-electron chi connectivity index (χ2n) is 5.86. The fourth-order valence-corrected chi connectivity index (χ4v) is 4.12. The molecule has 0 saturated heterocycles. The Balaban J connectivity index is 2.15. The number of carbonyl (C=O) groups is 1. The van der Waals surface area contributed by atoms with Crippen LogP contribution in [0.15, 0.2) is 4.79 Å². The maximum Gasteiger partial charge on any atom is 0.307 e. The first-order chi connectivity index (χ1) is 10.2. The highest BCUT2D eigenvalue weighted by Crippen LogP contribution is 2.21. The van der Waals surface area contributed by atoms with Gasteiger partial charge in [0.25, 0.3) is 0 Å². The molecule has 1 aromatic rings. The highest BCUT2D eigenvalue weighted by molar-refractivity contribution is 7.09. The van der Waals surface area contributed by atoms with Crippen LogP contribution in [-0.2, 0) is 24.2 Å². The second kappa shape index (κ2) is 8.37. The van der Waals surface area contributed by atoms with Crippen molar-refractivity contribution < 1.29 is 9.90 Å². The number of aromatic nitrogens is 1. The molecule has 5 heteroatoms. The van der Waals surface area contributed by atoms with Gasteiger partial charge >= 0.3 is 10.8 Å². The first-order valence-electron chi connectivity index (χ1n) is 8.11. The number of aliphatic carboxylic acids is 1. The van der Waals surface area contributed by atoms with Gasteiger partial charge < -0.3 is 9.67 Å². The van der Waals surface area contributed by atoms with Gasteiger partial charge in [0.1, 0.15) is 0 Å². The van der Waals surface area contributed by atoms with Crippen LogP contribution in [0.2, 0.25) is 0 Å². The van der Waals surface area contributed by atoms with E-state index in [1.807, 2.05) is 0 Å². The maximum atomic E-state index is 12.1. The van der Waals surface area contributed by atoms with Gasteiger partial charge in [-0.25, -0.2) is 0 Å². The number of carboxylic acids is 1. The molecule has 0 bridgehead atoms. The number of hydrogen-bond donors (Lipinski definition) is 1. The Hall–Kier alpha value is -1.10. The molecule has 0 saturated carbocycles. The maximum absolute atomic E-state index is 12.1. The van der Waals surface area contributed by atoms with Crippen LogP contribution >= 0.6 is 11.3 Å². The standard InChI is InChI=1S/C16H25NO3S/c18-15(19)11-12-17-13-9-7-5-3-1-2-4-6-8-10-14(13)21-16(17)20/h1-12H2,(H,18,19). The van der Waals surface area contributed by atoms with Crippen molar-refractivity contribution >= 4 is 17.3 Å². The van der Waals surface area contributed by atoms with E-state index >= 15 is 0 Å². The monoisotopic (exact) mass is 311 g/mol. The van der Waals surface area contributed by atoms with Crippen LogP contribution in [0.25, 0.3) is 0 Å². The van der Waals surface area contributed by atoms with E-state index in [1.165, 1.54) is 54.7 Å². The molecule has 118 valence electrons. The number of fused-ring (bicyclic) bond motifs is 1. The molecule has 1 aromatic heterocycles. The van der Waals surface area contributed by atoms with Crippen molar-refractivity contribution in [2.45, 2.75) is 77.2 Å². The minimum absolute atomic E-state index is 0.0242. The summed E-state index contributed by atoms with van der Waals surface area (Å²) in [5.74, 6) is -0.838. The van der Waals surface area contributed by atoms with Gasteiger partial charge in [-0.1, -0.05) is 49.9 Å². The van der Waals surface area contributed by atoms with Crippen LogP contribution in [-0.4, -0.2) is 15.6 Å². The lowest BCUT2D eigenvalue weighted by Crippen LogP contribution is -2.18. The fourth-order valence-electron chi connectivity index (χ4n) is 3.02. The Morgan fingerprint density at radius 3 is 2.19 bits per heavy atom. The first-order valence-corrected chi connectivity index (χ1v) is 8.93. The van der Waals surface area contributed by atoms with E-state index < -0.39 is 5.97 Å². The molecule has 1 aliphatic carbocycles. The molecule has 1 N–H and O–H groups in total. The molecule has 0 amide bonds. The van der Waals surface area contributed by atoms with E-state index in [0.717, 1.165) is 31.4 Å². The Morgan fingerprint density at radius 1 is 1.00 bits per heavy atom. The zero-order valence-corrected chi connectivity index (χ0v) is 13.4. The third kappa shape index (κ3) is 4.99. The van der Waals surface area contributed by atoms with Gasteiger partial charge in [-0.05, 0) is 25.7 Å². The summed E-state index contributed by atoms with van der Waals surface area (Å²) in [6.45, 7) is 0.319.